The first kappa shape index (κ1) is 20.4. The summed E-state index contributed by atoms with van der Waals surface area (Å²) in [7, 11) is 0.236. The first-order valence-corrected chi connectivity index (χ1v) is 14.8. The second-order valence-corrected chi connectivity index (χ2v) is 12.7. The molecule has 0 unspecified atom stereocenters. The molecule has 0 amide bonds. The zero-order chi connectivity index (χ0) is 33.6. The van der Waals surface area contributed by atoms with Crippen molar-refractivity contribution in [2.75, 3.05) is 49.9 Å². The first-order chi connectivity index (χ1) is 21.5. The Morgan fingerprint density at radius 3 is 2.55 bits per heavy atom. The minimum absolute atomic E-state index is 0.0990. The Balaban J connectivity index is 1.60. The molecule has 0 fully saturated rings. The van der Waals surface area contributed by atoms with E-state index in [4.69, 9.17) is 13.0 Å². The Labute approximate surface area is 241 Å². The van der Waals surface area contributed by atoms with Crippen molar-refractivity contribution in [1.82, 2.24) is 29.7 Å². The van der Waals surface area contributed by atoms with E-state index in [0.717, 1.165) is 0 Å². The lowest BCUT2D eigenvalue weighted by Crippen LogP contribution is -2.14. The highest BCUT2D eigenvalue weighted by atomic mass is 31.2. The van der Waals surface area contributed by atoms with Gasteiger partial charge < -0.3 is 24.8 Å². The third-order valence-corrected chi connectivity index (χ3v) is 7.73. The summed E-state index contributed by atoms with van der Waals surface area (Å²) >= 11 is 0. The number of nitrogens with one attached hydrogen (secondary N) is 2. The molecule has 0 saturated heterocycles. The molecule has 5 rings (SSSR count). The van der Waals surface area contributed by atoms with E-state index in [1.807, 2.05) is 6.92 Å². The number of aryl methyl sites for hydroxylation is 2. The maximum atomic E-state index is 13.4. The molecule has 3 heterocycles. The summed E-state index contributed by atoms with van der Waals surface area (Å²) in [6.07, 6.45) is 7.87. The molecule has 11 nitrogen and oxygen atoms in total. The van der Waals surface area contributed by atoms with Crippen LogP contribution in [0.25, 0.3) is 22.2 Å². The van der Waals surface area contributed by atoms with Gasteiger partial charge in [-0.25, -0.2) is 4.98 Å². The second kappa shape index (κ2) is 10.6. The van der Waals surface area contributed by atoms with E-state index in [2.05, 4.69) is 35.7 Å². The summed E-state index contributed by atoms with van der Waals surface area (Å²) in [5.74, 6) is 0.723. The average molecular weight is 564 g/mol. The number of anilines is 5. The number of nitrogens with zero attached hydrogens (tertiary/aromatic N) is 7. The van der Waals surface area contributed by atoms with Crippen LogP contribution in [0.5, 0.6) is 5.75 Å². The second-order valence-electron chi connectivity index (χ2n) is 9.52. The average Bonchev–Trinajstić information content (AvgIpc) is 3.38. The standard InChI is InChI=1S/C28H32N9O2P/c1-17-14-31-28(34-22-12-19(18-15-32-37(4)16-18)23(36(2)3)13-24(22)39-5)35-27(17)33-21-9-8-20-25(30-11-10-29-20)26(21)40(6,7)38/h8-16H,1-7H3,(H2,31,33,34,35)/i2D3,3D3. The molecule has 0 bridgehead atoms. The SMILES string of the molecule is [2H]C([2H])([2H])N(c1cc(OC)c(Nc2ncc(C)c(Nc3ccc4nccnc4c3P(C)(C)=O)n2)cc1-c1cnn(C)c1)C([2H])([2H])[2H]. The van der Waals surface area contributed by atoms with Gasteiger partial charge in [0.1, 0.15) is 24.2 Å². The molecular formula is C28H32N9O2P. The minimum Gasteiger partial charge on any atom is -0.494 e. The van der Waals surface area contributed by atoms with Crippen LogP contribution < -0.4 is 25.6 Å². The van der Waals surface area contributed by atoms with Gasteiger partial charge in [-0.1, -0.05) is 0 Å². The fourth-order valence-corrected chi connectivity index (χ4v) is 5.75. The van der Waals surface area contributed by atoms with Gasteiger partial charge in [0.25, 0.3) is 0 Å². The highest BCUT2D eigenvalue weighted by Crippen LogP contribution is 2.42. The van der Waals surface area contributed by atoms with E-state index in [0.29, 0.717) is 49.6 Å². The van der Waals surface area contributed by atoms with Crippen LogP contribution >= 0.6 is 7.14 Å². The molecule has 0 saturated carbocycles. The molecule has 40 heavy (non-hydrogen) atoms. The van der Waals surface area contributed by atoms with Gasteiger partial charge in [-0.2, -0.15) is 10.1 Å². The molecule has 12 heteroatoms. The van der Waals surface area contributed by atoms with Crippen molar-refractivity contribution >= 4 is 52.3 Å². The van der Waals surface area contributed by atoms with E-state index in [-0.39, 0.29) is 22.9 Å². The van der Waals surface area contributed by atoms with Gasteiger partial charge in [0.05, 0.1) is 35.5 Å². The van der Waals surface area contributed by atoms with Gasteiger partial charge in [0.15, 0.2) is 0 Å². The number of methoxy groups -OCH3 is 1. The topological polar surface area (TPSA) is 123 Å². The lowest BCUT2D eigenvalue weighted by atomic mass is 10.0. The normalized spacial score (nSPS) is 14.3. The maximum Gasteiger partial charge on any atom is 0.229 e. The number of hydrogen-bond acceptors (Lipinski definition) is 10. The van der Waals surface area contributed by atoms with Crippen LogP contribution in [0.4, 0.5) is 28.8 Å². The first-order valence-electron chi connectivity index (χ1n) is 15.2. The Kier molecular flexibility index (Phi) is 5.40. The molecule has 0 radical (unpaired) electrons. The van der Waals surface area contributed by atoms with Crippen molar-refractivity contribution in [3.63, 3.8) is 0 Å². The van der Waals surface area contributed by atoms with Crippen LogP contribution in [0.1, 0.15) is 13.8 Å². The molecule has 0 spiro atoms. The summed E-state index contributed by atoms with van der Waals surface area (Å²) in [4.78, 5) is 18.3. The van der Waals surface area contributed by atoms with Gasteiger partial charge in [-0.15, -0.1) is 0 Å². The third kappa shape index (κ3) is 5.33. The van der Waals surface area contributed by atoms with Crippen molar-refractivity contribution in [3.05, 3.63) is 60.8 Å². The highest BCUT2D eigenvalue weighted by Gasteiger charge is 2.22. The van der Waals surface area contributed by atoms with Crippen molar-refractivity contribution in [3.8, 4) is 16.9 Å². The molecule has 2 aromatic carbocycles. The number of hydrogen-bond donors (Lipinski definition) is 2. The van der Waals surface area contributed by atoms with Crippen LogP contribution in [-0.2, 0) is 11.6 Å². The quantitative estimate of drug-likeness (QED) is 0.251. The lowest BCUT2D eigenvalue weighted by Gasteiger charge is -2.21. The number of aromatic nitrogens is 6. The molecular weight excluding hydrogens is 525 g/mol. The fraction of sp³-hybridized carbons (Fsp3) is 0.250. The maximum absolute atomic E-state index is 13.4. The van der Waals surface area contributed by atoms with E-state index < -0.39 is 21.1 Å². The Morgan fingerprint density at radius 1 is 1.05 bits per heavy atom. The minimum atomic E-state index is -3.00. The zero-order valence-electron chi connectivity index (χ0n) is 28.6. The summed E-state index contributed by atoms with van der Waals surface area (Å²) in [6.45, 7) is -0.861. The molecule has 206 valence electrons. The third-order valence-electron chi connectivity index (χ3n) is 6.20. The van der Waals surface area contributed by atoms with E-state index in [9.17, 15) is 4.57 Å². The molecule has 5 aromatic rings. The van der Waals surface area contributed by atoms with Gasteiger partial charge >= 0.3 is 0 Å². The Bertz CT molecular complexity index is 1960. The van der Waals surface area contributed by atoms with Crippen molar-refractivity contribution in [2.45, 2.75) is 6.92 Å². The number of fused-ring (bicyclic) bond motifs is 1. The summed E-state index contributed by atoms with van der Waals surface area (Å²) < 4.78 is 68.6. The zero-order valence-corrected chi connectivity index (χ0v) is 23.5. The molecule has 3 aromatic heterocycles. The summed E-state index contributed by atoms with van der Waals surface area (Å²) in [6, 6.07) is 6.48. The van der Waals surface area contributed by atoms with Crippen LogP contribution in [0, 0.1) is 6.92 Å². The lowest BCUT2D eigenvalue weighted by molar-refractivity contribution is 0.417. The van der Waals surface area contributed by atoms with Gasteiger partial charge in [0, 0.05) is 82.5 Å². The van der Waals surface area contributed by atoms with Gasteiger partial charge in [-0.05, 0) is 38.5 Å². The van der Waals surface area contributed by atoms with E-state index >= 15 is 0 Å². The molecule has 0 aliphatic carbocycles. The predicted octanol–water partition coefficient (Wildman–Crippen LogP) is 4.94. The number of rotatable bonds is 8. The van der Waals surface area contributed by atoms with Crippen LogP contribution in [0.15, 0.2) is 55.2 Å². The number of ether oxygens (including phenoxy) is 1. The molecule has 0 aliphatic rings. The molecule has 0 aliphatic heterocycles. The molecule has 0 atom stereocenters. The summed E-state index contributed by atoms with van der Waals surface area (Å²) in [5.41, 5.74) is 3.39. The smallest absolute Gasteiger partial charge is 0.229 e. The van der Waals surface area contributed by atoms with Crippen molar-refractivity contribution in [1.29, 1.82) is 0 Å². The van der Waals surface area contributed by atoms with E-state index in [1.54, 1.807) is 63.4 Å². The van der Waals surface area contributed by atoms with Crippen LogP contribution in [0.2, 0.25) is 0 Å². The largest absolute Gasteiger partial charge is 0.494 e. The predicted molar refractivity (Wildman–Crippen MR) is 161 cm³/mol. The van der Waals surface area contributed by atoms with Gasteiger partial charge in [0.2, 0.25) is 5.95 Å². The highest BCUT2D eigenvalue weighted by molar-refractivity contribution is 7.71. The Morgan fingerprint density at radius 2 is 1.85 bits per heavy atom. The van der Waals surface area contributed by atoms with E-state index in [1.165, 1.54) is 24.1 Å². The Hall–Kier alpha value is -4.50. The van der Waals surface area contributed by atoms with Crippen LogP contribution in [0.3, 0.4) is 0 Å². The van der Waals surface area contributed by atoms with Crippen molar-refractivity contribution in [2.24, 2.45) is 7.05 Å². The monoisotopic (exact) mass is 563 g/mol. The fourth-order valence-electron chi connectivity index (χ4n) is 4.36. The van der Waals surface area contributed by atoms with Crippen molar-refractivity contribution < 1.29 is 17.5 Å². The molecule has 2 N–H and O–H groups in total. The summed E-state index contributed by atoms with van der Waals surface area (Å²) in [5, 5.41) is 11.1. The number of benzene rings is 2. The van der Waals surface area contributed by atoms with Gasteiger partial charge in [-0.3, -0.25) is 14.6 Å². The van der Waals surface area contributed by atoms with Crippen LogP contribution in [-0.4, -0.2) is 64.1 Å².